The lowest BCUT2D eigenvalue weighted by atomic mass is 10.2. The van der Waals surface area contributed by atoms with Crippen LogP contribution in [0.4, 0.5) is 18.9 Å². The average molecular weight is 415 g/mol. The van der Waals surface area contributed by atoms with Gasteiger partial charge in [0.2, 0.25) is 0 Å². The molecule has 1 aromatic carbocycles. The zero-order valence-corrected chi connectivity index (χ0v) is 15.5. The van der Waals surface area contributed by atoms with Gasteiger partial charge in [0.15, 0.2) is 12.4 Å². The van der Waals surface area contributed by atoms with E-state index in [4.69, 9.17) is 4.74 Å². The molecule has 2 aromatic rings. The van der Waals surface area contributed by atoms with Crippen LogP contribution >= 0.6 is 11.3 Å². The van der Waals surface area contributed by atoms with E-state index in [1.165, 1.54) is 23.5 Å². The molecule has 6 nitrogen and oxygen atoms in total. The SMILES string of the molecule is Cc1ccc(C(=O)CCC(=O)OCC(=O)Nc2ccc(OC(F)(F)F)cc2)s1. The molecule has 10 heteroatoms. The minimum atomic E-state index is -4.80. The standard InChI is InChI=1S/C18H16F3NO5S/c1-11-2-8-15(28-11)14(23)7-9-17(25)26-10-16(24)22-12-3-5-13(6-4-12)27-18(19,20)21/h2-6,8H,7,9-10H2,1H3,(H,22,24). The molecule has 0 radical (unpaired) electrons. The van der Waals surface area contributed by atoms with Gasteiger partial charge in [0.25, 0.3) is 5.91 Å². The molecule has 0 fully saturated rings. The molecule has 0 saturated heterocycles. The van der Waals surface area contributed by atoms with Gasteiger partial charge in [0, 0.05) is 17.0 Å². The van der Waals surface area contributed by atoms with Crippen LogP contribution in [0.1, 0.15) is 27.4 Å². The van der Waals surface area contributed by atoms with Gasteiger partial charge in [-0.15, -0.1) is 24.5 Å². The van der Waals surface area contributed by atoms with Gasteiger partial charge in [-0.3, -0.25) is 14.4 Å². The monoisotopic (exact) mass is 415 g/mol. The first kappa shape index (κ1) is 21.4. The van der Waals surface area contributed by atoms with Crippen LogP contribution in [-0.4, -0.2) is 30.6 Å². The van der Waals surface area contributed by atoms with Gasteiger partial charge in [-0.25, -0.2) is 0 Å². The number of ether oxygens (including phenoxy) is 2. The number of ketones is 1. The number of nitrogens with one attached hydrogen (secondary N) is 1. The molecule has 0 saturated carbocycles. The van der Waals surface area contributed by atoms with Crippen LogP contribution in [0.15, 0.2) is 36.4 Å². The van der Waals surface area contributed by atoms with Crippen molar-refractivity contribution in [1.29, 1.82) is 0 Å². The molecule has 0 aliphatic rings. The maximum atomic E-state index is 12.1. The van der Waals surface area contributed by atoms with Gasteiger partial charge in [-0.2, -0.15) is 0 Å². The van der Waals surface area contributed by atoms with E-state index in [9.17, 15) is 27.6 Å². The summed E-state index contributed by atoms with van der Waals surface area (Å²) >= 11 is 1.33. The highest BCUT2D eigenvalue weighted by Gasteiger charge is 2.30. The van der Waals surface area contributed by atoms with Gasteiger partial charge in [0.05, 0.1) is 11.3 Å². The summed E-state index contributed by atoms with van der Waals surface area (Å²) in [6, 6.07) is 7.99. The summed E-state index contributed by atoms with van der Waals surface area (Å²) < 4.78 is 44.7. The number of hydrogen-bond donors (Lipinski definition) is 1. The minimum absolute atomic E-state index is 0.0267. The summed E-state index contributed by atoms with van der Waals surface area (Å²) in [5, 5.41) is 2.36. The van der Waals surface area contributed by atoms with E-state index in [-0.39, 0.29) is 24.3 Å². The predicted molar refractivity (Wildman–Crippen MR) is 95.3 cm³/mol. The minimum Gasteiger partial charge on any atom is -0.456 e. The van der Waals surface area contributed by atoms with Crippen LogP contribution in [0.2, 0.25) is 0 Å². The smallest absolute Gasteiger partial charge is 0.456 e. The van der Waals surface area contributed by atoms with Crippen LogP contribution in [0.3, 0.4) is 0 Å². The molecular formula is C18H16F3NO5S. The van der Waals surface area contributed by atoms with Gasteiger partial charge in [0.1, 0.15) is 5.75 Å². The van der Waals surface area contributed by atoms with Crippen LogP contribution < -0.4 is 10.1 Å². The molecule has 0 spiro atoms. The molecule has 0 aliphatic heterocycles. The second kappa shape index (κ2) is 9.36. The van der Waals surface area contributed by atoms with Crippen molar-refractivity contribution < 1.29 is 37.0 Å². The van der Waals surface area contributed by atoms with Crippen molar-refractivity contribution in [1.82, 2.24) is 0 Å². The number of anilines is 1. The maximum absolute atomic E-state index is 12.1. The van der Waals surface area contributed by atoms with E-state index in [1.807, 2.05) is 13.0 Å². The van der Waals surface area contributed by atoms with E-state index in [2.05, 4.69) is 10.1 Å². The summed E-state index contributed by atoms with van der Waals surface area (Å²) in [5.74, 6) is -1.98. The highest BCUT2D eigenvalue weighted by molar-refractivity contribution is 7.14. The number of halogens is 3. The Morgan fingerprint density at radius 3 is 2.29 bits per heavy atom. The molecule has 1 aromatic heterocycles. The molecule has 150 valence electrons. The first-order chi connectivity index (χ1) is 13.1. The maximum Gasteiger partial charge on any atom is 0.573 e. The Bertz CT molecular complexity index is 846. The number of benzene rings is 1. The summed E-state index contributed by atoms with van der Waals surface area (Å²) in [6.45, 7) is 1.29. The van der Waals surface area contributed by atoms with Crippen molar-refractivity contribution in [2.24, 2.45) is 0 Å². The third-order valence-corrected chi connectivity index (χ3v) is 4.35. The summed E-state index contributed by atoms with van der Waals surface area (Å²) in [7, 11) is 0. The summed E-state index contributed by atoms with van der Waals surface area (Å²) in [4.78, 5) is 36.8. The molecule has 1 amide bonds. The Labute approximate surface area is 162 Å². The van der Waals surface area contributed by atoms with Crippen LogP contribution in [-0.2, 0) is 14.3 Å². The molecule has 0 unspecified atom stereocenters. The predicted octanol–water partition coefficient (Wildman–Crippen LogP) is 4.10. The second-order valence-electron chi connectivity index (χ2n) is 5.61. The van der Waals surface area contributed by atoms with Crippen molar-refractivity contribution in [3.8, 4) is 5.75 Å². The molecule has 0 aliphatic carbocycles. The van der Waals surface area contributed by atoms with Crippen molar-refractivity contribution in [2.75, 3.05) is 11.9 Å². The van der Waals surface area contributed by atoms with Crippen LogP contribution in [0.25, 0.3) is 0 Å². The molecular weight excluding hydrogens is 399 g/mol. The highest BCUT2D eigenvalue weighted by Crippen LogP contribution is 2.24. The second-order valence-corrected chi connectivity index (χ2v) is 6.90. The number of carbonyl (C=O) groups is 3. The van der Waals surface area contributed by atoms with E-state index in [0.29, 0.717) is 4.88 Å². The lowest BCUT2D eigenvalue weighted by Crippen LogP contribution is -2.21. The molecule has 28 heavy (non-hydrogen) atoms. The largest absolute Gasteiger partial charge is 0.573 e. The zero-order chi connectivity index (χ0) is 20.7. The highest BCUT2D eigenvalue weighted by atomic mass is 32.1. The van der Waals surface area contributed by atoms with Crippen LogP contribution in [0, 0.1) is 6.92 Å². The van der Waals surface area contributed by atoms with Gasteiger partial charge in [-0.1, -0.05) is 0 Å². The van der Waals surface area contributed by atoms with Gasteiger partial charge < -0.3 is 14.8 Å². The van der Waals surface area contributed by atoms with Crippen molar-refractivity contribution in [3.63, 3.8) is 0 Å². The van der Waals surface area contributed by atoms with Crippen LogP contribution in [0.5, 0.6) is 5.75 Å². The first-order valence-electron chi connectivity index (χ1n) is 8.03. The number of rotatable bonds is 8. The van der Waals surface area contributed by atoms with Gasteiger partial charge >= 0.3 is 12.3 Å². The van der Waals surface area contributed by atoms with E-state index in [1.54, 1.807) is 6.07 Å². The van der Waals surface area contributed by atoms with Crippen molar-refractivity contribution in [3.05, 3.63) is 46.2 Å². The van der Waals surface area contributed by atoms with E-state index >= 15 is 0 Å². The Balaban J connectivity index is 1.71. The lowest BCUT2D eigenvalue weighted by molar-refractivity contribution is -0.274. The first-order valence-corrected chi connectivity index (χ1v) is 8.85. The number of Topliss-reactive ketones (excluding diaryl/α,β-unsaturated/α-hetero) is 1. The fourth-order valence-corrected chi connectivity index (χ4v) is 2.91. The molecule has 1 heterocycles. The average Bonchev–Trinajstić information content (AvgIpc) is 3.05. The lowest BCUT2D eigenvalue weighted by Gasteiger charge is -2.10. The Morgan fingerprint density at radius 2 is 1.71 bits per heavy atom. The molecule has 1 N–H and O–H groups in total. The number of hydrogen-bond acceptors (Lipinski definition) is 6. The molecule has 0 bridgehead atoms. The Hall–Kier alpha value is -2.88. The Kier molecular flexibility index (Phi) is 7.16. The fourth-order valence-electron chi connectivity index (χ4n) is 2.08. The van der Waals surface area contributed by atoms with E-state index < -0.39 is 30.6 Å². The summed E-state index contributed by atoms with van der Waals surface area (Å²) in [6.07, 6.45) is -4.99. The third kappa shape index (κ3) is 7.39. The van der Waals surface area contributed by atoms with Gasteiger partial charge in [-0.05, 0) is 43.3 Å². The number of alkyl halides is 3. The topological polar surface area (TPSA) is 81.7 Å². The number of thiophene rings is 1. The van der Waals surface area contributed by atoms with Crippen molar-refractivity contribution in [2.45, 2.75) is 26.1 Å². The zero-order valence-electron chi connectivity index (χ0n) is 14.7. The van der Waals surface area contributed by atoms with E-state index in [0.717, 1.165) is 17.0 Å². The molecule has 0 atom stereocenters. The Morgan fingerprint density at radius 1 is 1.04 bits per heavy atom. The number of esters is 1. The quantitative estimate of drug-likeness (QED) is 0.519. The number of carbonyl (C=O) groups excluding carboxylic acids is 3. The third-order valence-electron chi connectivity index (χ3n) is 3.31. The normalized spacial score (nSPS) is 11.0. The summed E-state index contributed by atoms with van der Waals surface area (Å²) in [5.41, 5.74) is 0.207. The number of aryl methyl sites for hydroxylation is 1. The number of amides is 1. The van der Waals surface area contributed by atoms with Crippen molar-refractivity contribution >= 4 is 34.7 Å². The fraction of sp³-hybridized carbons (Fsp3) is 0.278. The molecule has 2 rings (SSSR count).